The lowest BCUT2D eigenvalue weighted by molar-refractivity contribution is -0.128. The van der Waals surface area contributed by atoms with Crippen molar-refractivity contribution in [1.29, 1.82) is 0 Å². The van der Waals surface area contributed by atoms with Crippen LogP contribution in [0.15, 0.2) is 59.8 Å². The van der Waals surface area contributed by atoms with Gasteiger partial charge in [0.05, 0.1) is 22.0 Å². The maximum absolute atomic E-state index is 13.6. The molecule has 0 radical (unpaired) electrons. The summed E-state index contributed by atoms with van der Waals surface area (Å²) < 4.78 is 6.07. The molecular formula is C30H34N6O4S. The van der Waals surface area contributed by atoms with E-state index in [0.717, 1.165) is 42.8 Å². The summed E-state index contributed by atoms with van der Waals surface area (Å²) in [7, 11) is 0. The van der Waals surface area contributed by atoms with E-state index in [1.165, 1.54) is 17.8 Å². The van der Waals surface area contributed by atoms with E-state index in [0.29, 0.717) is 35.2 Å². The number of amides is 4. The number of nitrogens with zero attached hydrogens (tertiary/aromatic N) is 3. The van der Waals surface area contributed by atoms with Gasteiger partial charge in [-0.1, -0.05) is 18.3 Å². The number of carbonyl (C=O) groups is 3. The smallest absolute Gasteiger partial charge is 0.326 e. The molecule has 1 aromatic carbocycles. The van der Waals surface area contributed by atoms with E-state index in [1.54, 1.807) is 11.1 Å². The van der Waals surface area contributed by atoms with Crippen molar-refractivity contribution in [3.8, 4) is 11.5 Å². The number of hydrogen-bond acceptors (Lipinski definition) is 7. The van der Waals surface area contributed by atoms with Crippen LogP contribution in [0.4, 0.5) is 10.5 Å². The number of carbonyl (C=O) groups excluding carboxylic acids is 3. The topological polar surface area (TPSA) is 116 Å². The average molecular weight is 575 g/mol. The zero-order valence-electron chi connectivity index (χ0n) is 23.2. The molecule has 3 unspecified atom stereocenters. The fourth-order valence-corrected chi connectivity index (χ4v) is 7.64. The van der Waals surface area contributed by atoms with Crippen LogP contribution >= 0.6 is 11.8 Å². The number of rotatable bonds is 6. The van der Waals surface area contributed by atoms with Gasteiger partial charge in [0.25, 0.3) is 5.91 Å². The van der Waals surface area contributed by atoms with Crippen LogP contribution in [0, 0.1) is 19.8 Å². The number of aryl methyl sites for hydroxylation is 2. The largest absolute Gasteiger partial charge is 0.455 e. The van der Waals surface area contributed by atoms with Crippen LogP contribution in [0.3, 0.4) is 0 Å². The molecule has 0 bridgehead atoms. The molecule has 0 aliphatic carbocycles. The fraction of sp³-hybridized carbons (Fsp3) is 0.400. The zero-order valence-corrected chi connectivity index (χ0v) is 24.0. The summed E-state index contributed by atoms with van der Waals surface area (Å²) in [6, 6.07) is 8.97. The monoisotopic (exact) mass is 574 g/mol. The number of benzene rings is 1. The van der Waals surface area contributed by atoms with Crippen molar-refractivity contribution >= 4 is 35.3 Å². The van der Waals surface area contributed by atoms with Crippen molar-refractivity contribution in [3.63, 3.8) is 0 Å². The third-order valence-corrected chi connectivity index (χ3v) is 9.56. The Labute approximate surface area is 243 Å². The number of anilines is 1. The van der Waals surface area contributed by atoms with Gasteiger partial charge < -0.3 is 25.6 Å². The minimum absolute atomic E-state index is 0.0192. The van der Waals surface area contributed by atoms with Gasteiger partial charge in [0.15, 0.2) is 0 Å². The predicted octanol–water partition coefficient (Wildman–Crippen LogP) is 3.58. The van der Waals surface area contributed by atoms with Gasteiger partial charge in [0.2, 0.25) is 5.91 Å². The minimum Gasteiger partial charge on any atom is -0.455 e. The highest BCUT2D eigenvalue weighted by Gasteiger charge is 2.52. The number of nitrogens with one attached hydrogen (secondary N) is 3. The highest BCUT2D eigenvalue weighted by atomic mass is 32.2. The number of pyridine rings is 1. The van der Waals surface area contributed by atoms with Crippen molar-refractivity contribution in [2.75, 3.05) is 24.5 Å². The van der Waals surface area contributed by atoms with Crippen LogP contribution < -0.4 is 25.6 Å². The number of piperidine rings is 2. The van der Waals surface area contributed by atoms with Crippen LogP contribution in [0.1, 0.15) is 30.5 Å². The van der Waals surface area contributed by atoms with Crippen LogP contribution in [0.2, 0.25) is 0 Å². The van der Waals surface area contributed by atoms with Crippen LogP contribution in [0.25, 0.3) is 0 Å². The first kappa shape index (κ1) is 27.3. The summed E-state index contributed by atoms with van der Waals surface area (Å²) in [5, 5.41) is 9.72. The van der Waals surface area contributed by atoms with Crippen LogP contribution in [-0.2, 0) is 9.59 Å². The van der Waals surface area contributed by atoms with Gasteiger partial charge in [-0.3, -0.25) is 19.5 Å². The summed E-state index contributed by atoms with van der Waals surface area (Å²) in [6.07, 6.45) is 5.42. The lowest BCUT2D eigenvalue weighted by Gasteiger charge is -2.46. The van der Waals surface area contributed by atoms with Gasteiger partial charge in [-0.25, -0.2) is 4.79 Å². The normalized spacial score (nSPS) is 25.4. The van der Waals surface area contributed by atoms with Gasteiger partial charge in [-0.2, -0.15) is 0 Å². The Hall–Kier alpha value is -3.83. The first-order chi connectivity index (χ1) is 19.8. The molecule has 2 aromatic rings. The Morgan fingerprint density at radius 2 is 2.10 bits per heavy atom. The summed E-state index contributed by atoms with van der Waals surface area (Å²) in [5.41, 5.74) is 3.23. The zero-order chi connectivity index (χ0) is 28.7. The second-order valence-corrected chi connectivity index (χ2v) is 12.0. The predicted molar refractivity (Wildman–Crippen MR) is 157 cm³/mol. The molecule has 214 valence electrons. The SMILES string of the molecule is C=CC(=O)N1CCC[C@@H](NC(=O)C2=C3NC(=O)N(c4ccc(Oc5cccnc5C)cc4C)C4CCNC(S2)C34)C1. The van der Waals surface area contributed by atoms with E-state index in [2.05, 4.69) is 27.5 Å². The number of urea groups is 1. The third-order valence-electron chi connectivity index (χ3n) is 8.20. The molecule has 3 fully saturated rings. The highest BCUT2D eigenvalue weighted by molar-refractivity contribution is 8.04. The van der Waals surface area contributed by atoms with Gasteiger partial charge in [-0.05, 0) is 81.6 Å². The van der Waals surface area contributed by atoms with Crippen molar-refractivity contribution < 1.29 is 19.1 Å². The molecule has 10 nitrogen and oxygen atoms in total. The molecule has 3 N–H and O–H groups in total. The number of ether oxygens (including phenoxy) is 1. The first-order valence-electron chi connectivity index (χ1n) is 14.0. The number of aromatic nitrogens is 1. The highest BCUT2D eigenvalue weighted by Crippen LogP contribution is 2.48. The second kappa shape index (κ2) is 11.2. The van der Waals surface area contributed by atoms with E-state index >= 15 is 0 Å². The van der Waals surface area contributed by atoms with Crippen molar-refractivity contribution in [1.82, 2.24) is 25.8 Å². The molecule has 5 heterocycles. The Bertz CT molecular complexity index is 1440. The van der Waals surface area contributed by atoms with Crippen molar-refractivity contribution in [2.24, 2.45) is 5.92 Å². The van der Waals surface area contributed by atoms with Gasteiger partial charge in [0, 0.05) is 42.6 Å². The molecule has 3 saturated heterocycles. The summed E-state index contributed by atoms with van der Waals surface area (Å²) >= 11 is 1.48. The molecule has 1 aromatic heterocycles. The van der Waals surface area contributed by atoms with Crippen LogP contribution in [0.5, 0.6) is 11.5 Å². The van der Waals surface area contributed by atoms with E-state index < -0.39 is 0 Å². The summed E-state index contributed by atoms with van der Waals surface area (Å²) in [6.45, 7) is 9.31. The number of thioether (sulfide) groups is 1. The first-order valence-corrected chi connectivity index (χ1v) is 14.9. The van der Waals surface area contributed by atoms with Gasteiger partial charge in [0.1, 0.15) is 11.5 Å². The van der Waals surface area contributed by atoms with Gasteiger partial charge in [-0.15, -0.1) is 0 Å². The number of hydrogen-bond donors (Lipinski definition) is 3. The molecule has 0 spiro atoms. The maximum atomic E-state index is 13.6. The summed E-state index contributed by atoms with van der Waals surface area (Å²) in [4.78, 5) is 47.6. The van der Waals surface area contributed by atoms with E-state index in [-0.39, 0.29) is 41.2 Å². The van der Waals surface area contributed by atoms with Gasteiger partial charge >= 0.3 is 6.03 Å². The summed E-state index contributed by atoms with van der Waals surface area (Å²) in [5.74, 6) is 0.991. The molecular weight excluding hydrogens is 540 g/mol. The van der Waals surface area contributed by atoms with E-state index in [4.69, 9.17) is 4.74 Å². The maximum Gasteiger partial charge on any atom is 0.326 e. The Balaban J connectivity index is 1.22. The standard InChI is InChI=1S/C30H34N6O4S/c1-4-24(37)35-14-6-7-19(16-35)33-28(38)27-26-25-22(11-13-32-29(25)41-27)36(30(39)34-26)21-10-9-20(15-17(21)2)40-23-8-5-12-31-18(23)3/h4-5,8-10,12,15,19,22,25,29,32H,1,6-7,11,13-14,16H2,2-3H3,(H,33,38)(H,34,39)/t19-,22?,25?,29?/m1/s1. The Kier molecular flexibility index (Phi) is 7.48. The lowest BCUT2D eigenvalue weighted by atomic mass is 9.86. The van der Waals surface area contributed by atoms with Crippen LogP contribution in [-0.4, -0.2) is 64.8 Å². The molecule has 0 saturated carbocycles. The molecule has 41 heavy (non-hydrogen) atoms. The van der Waals surface area contributed by atoms with E-state index in [9.17, 15) is 14.4 Å². The average Bonchev–Trinajstić information content (AvgIpc) is 3.34. The molecule has 4 aliphatic rings. The minimum atomic E-state index is -0.241. The molecule has 6 rings (SSSR count). The fourth-order valence-electron chi connectivity index (χ4n) is 6.24. The number of likely N-dealkylation sites (tertiary alicyclic amines) is 1. The van der Waals surface area contributed by atoms with Crippen molar-refractivity contribution in [3.05, 3.63) is 71.0 Å². The molecule has 11 heteroatoms. The quantitative estimate of drug-likeness (QED) is 0.452. The molecule has 4 aliphatic heterocycles. The lowest BCUT2D eigenvalue weighted by Crippen LogP contribution is -2.62. The molecule has 4 atom stereocenters. The Morgan fingerprint density at radius 3 is 2.88 bits per heavy atom. The third kappa shape index (κ3) is 5.19. The second-order valence-electron chi connectivity index (χ2n) is 10.9. The Morgan fingerprint density at radius 1 is 1.24 bits per heavy atom. The van der Waals surface area contributed by atoms with E-state index in [1.807, 2.05) is 49.1 Å². The van der Waals surface area contributed by atoms with Crippen molar-refractivity contribution in [2.45, 2.75) is 50.6 Å². The molecule has 4 amide bonds.